The van der Waals surface area contributed by atoms with Crippen LogP contribution in [0.4, 0.5) is 0 Å². The summed E-state index contributed by atoms with van der Waals surface area (Å²) in [5.74, 6) is 0.857. The number of hydrogen-bond donors (Lipinski definition) is 0. The van der Waals surface area contributed by atoms with Crippen LogP contribution in [-0.4, -0.2) is 47.6 Å². The summed E-state index contributed by atoms with van der Waals surface area (Å²) in [6, 6.07) is 0. The number of fused-ring (bicyclic) bond motifs is 1. The monoisotopic (exact) mass is 374 g/mol. The molecule has 0 aromatic carbocycles. The van der Waals surface area contributed by atoms with Crippen LogP contribution < -0.4 is 5.69 Å². The van der Waals surface area contributed by atoms with E-state index >= 15 is 0 Å². The fourth-order valence-corrected chi connectivity index (χ4v) is 4.56. The van der Waals surface area contributed by atoms with Crippen LogP contribution in [0, 0.1) is 6.92 Å². The fraction of sp³-hybridized carbons (Fsp3) is 0.529. The Morgan fingerprint density at radius 1 is 1.42 bits per heavy atom. The topological polar surface area (TPSA) is 77.4 Å². The summed E-state index contributed by atoms with van der Waals surface area (Å²) in [5.41, 5.74) is 1.29. The van der Waals surface area contributed by atoms with Crippen molar-refractivity contribution < 1.29 is 4.79 Å². The van der Waals surface area contributed by atoms with E-state index in [4.69, 9.17) is 0 Å². The van der Waals surface area contributed by atoms with E-state index in [1.807, 2.05) is 34.7 Å². The van der Waals surface area contributed by atoms with Crippen molar-refractivity contribution in [3.8, 4) is 0 Å². The third-order valence-corrected chi connectivity index (χ3v) is 5.82. The minimum absolute atomic E-state index is 0.000531. The zero-order valence-corrected chi connectivity index (χ0v) is 16.0. The third kappa shape index (κ3) is 2.57. The minimum atomic E-state index is -0.0995. The maximum absolute atomic E-state index is 13.2. The first-order chi connectivity index (χ1) is 12.5. The highest BCUT2D eigenvalue weighted by Gasteiger charge is 2.31. The molecule has 0 bridgehead atoms. The number of nitrogens with zero attached hydrogens (tertiary/aromatic N) is 6. The third-order valence-electron chi connectivity index (χ3n) is 5.07. The lowest BCUT2D eigenvalue weighted by molar-refractivity contribution is 0.0695. The lowest BCUT2D eigenvalue weighted by atomic mass is 9.96. The van der Waals surface area contributed by atoms with E-state index < -0.39 is 0 Å². The molecule has 1 atom stereocenters. The van der Waals surface area contributed by atoms with Gasteiger partial charge in [0.2, 0.25) is 0 Å². The molecule has 0 N–H and O–H groups in total. The number of imidazole rings is 1. The van der Waals surface area contributed by atoms with Crippen molar-refractivity contribution in [3.05, 3.63) is 39.3 Å². The van der Waals surface area contributed by atoms with Crippen LogP contribution >= 0.6 is 11.3 Å². The maximum atomic E-state index is 13.2. The van der Waals surface area contributed by atoms with E-state index in [0.717, 1.165) is 35.9 Å². The molecule has 3 aromatic heterocycles. The lowest BCUT2D eigenvalue weighted by Gasteiger charge is -2.32. The number of aryl methyl sites for hydroxylation is 2. The van der Waals surface area contributed by atoms with Gasteiger partial charge < -0.3 is 4.90 Å². The van der Waals surface area contributed by atoms with Gasteiger partial charge in [0, 0.05) is 44.2 Å². The van der Waals surface area contributed by atoms with Crippen molar-refractivity contribution >= 4 is 22.2 Å². The molecule has 0 aliphatic carbocycles. The van der Waals surface area contributed by atoms with Gasteiger partial charge >= 0.3 is 5.69 Å². The van der Waals surface area contributed by atoms with Crippen LogP contribution in [0.15, 0.2) is 16.4 Å². The largest absolute Gasteiger partial charge is 0.345 e. The summed E-state index contributed by atoms with van der Waals surface area (Å²) < 4.78 is 4.96. The predicted octanol–water partition coefficient (Wildman–Crippen LogP) is 1.64. The van der Waals surface area contributed by atoms with Gasteiger partial charge in [0.1, 0.15) is 11.5 Å². The summed E-state index contributed by atoms with van der Waals surface area (Å²) in [5, 5.41) is 6.37. The molecule has 8 nitrogen and oxygen atoms in total. The van der Waals surface area contributed by atoms with E-state index in [-0.39, 0.29) is 17.5 Å². The average Bonchev–Trinajstić information content (AvgIpc) is 3.28. The smallest absolute Gasteiger partial charge is 0.337 e. The molecule has 1 aliphatic rings. The molecule has 1 saturated heterocycles. The highest BCUT2D eigenvalue weighted by Crippen LogP contribution is 2.27. The Morgan fingerprint density at radius 2 is 2.23 bits per heavy atom. The molecule has 4 rings (SSSR count). The molecule has 0 spiro atoms. The Morgan fingerprint density at radius 3 is 3.00 bits per heavy atom. The van der Waals surface area contributed by atoms with Crippen molar-refractivity contribution in [1.82, 2.24) is 28.6 Å². The van der Waals surface area contributed by atoms with E-state index in [2.05, 4.69) is 10.1 Å². The first-order valence-electron chi connectivity index (χ1n) is 8.86. The number of hydrogen-bond acceptors (Lipinski definition) is 5. The summed E-state index contributed by atoms with van der Waals surface area (Å²) in [7, 11) is 1.67. The number of carbonyl (C=O) groups is 1. The first-order valence-corrected chi connectivity index (χ1v) is 9.74. The van der Waals surface area contributed by atoms with E-state index in [9.17, 15) is 9.59 Å². The zero-order valence-electron chi connectivity index (χ0n) is 15.2. The highest BCUT2D eigenvalue weighted by molar-refractivity contribution is 7.15. The van der Waals surface area contributed by atoms with Gasteiger partial charge in [0.15, 0.2) is 4.96 Å². The number of piperidine rings is 1. The SMILES string of the molecule is CCn1c([C@H]2CCCN(C(=O)c3c(C)nc4sccn34)C2)nn(C)c1=O. The molecule has 0 unspecified atom stereocenters. The van der Waals surface area contributed by atoms with Gasteiger partial charge in [-0.15, -0.1) is 11.3 Å². The maximum Gasteiger partial charge on any atom is 0.345 e. The van der Waals surface area contributed by atoms with Crippen LogP contribution in [0.1, 0.15) is 47.7 Å². The second-order valence-corrected chi connectivity index (χ2v) is 7.57. The Balaban J connectivity index is 1.64. The predicted molar refractivity (Wildman–Crippen MR) is 98.8 cm³/mol. The molecule has 3 aromatic rings. The van der Waals surface area contributed by atoms with Gasteiger partial charge in [-0.2, -0.15) is 5.10 Å². The number of amides is 1. The van der Waals surface area contributed by atoms with Crippen LogP contribution in [0.3, 0.4) is 0 Å². The molecule has 1 fully saturated rings. The zero-order chi connectivity index (χ0) is 18.4. The van der Waals surface area contributed by atoms with Crippen LogP contribution in [0.25, 0.3) is 4.96 Å². The quantitative estimate of drug-likeness (QED) is 0.698. The van der Waals surface area contributed by atoms with Crippen LogP contribution in [0.2, 0.25) is 0 Å². The molecule has 1 aliphatic heterocycles. The van der Waals surface area contributed by atoms with Gasteiger partial charge in [-0.1, -0.05) is 0 Å². The fourth-order valence-electron chi connectivity index (χ4n) is 3.80. The first kappa shape index (κ1) is 17.0. The normalized spacial score (nSPS) is 18.0. The standard InChI is InChI=1S/C17H22N6O2S/c1-4-22-14(19-20(3)17(22)25)12-6-5-7-21(10-12)15(24)13-11(2)18-16-23(13)8-9-26-16/h8-9,12H,4-7,10H2,1-3H3/t12-/m0/s1. The second kappa shape index (κ2) is 6.39. The van der Waals surface area contributed by atoms with Gasteiger partial charge in [-0.25, -0.2) is 14.5 Å². The number of likely N-dealkylation sites (tertiary alicyclic amines) is 1. The van der Waals surface area contributed by atoms with Crippen molar-refractivity contribution in [2.24, 2.45) is 7.05 Å². The van der Waals surface area contributed by atoms with Crippen molar-refractivity contribution in [2.75, 3.05) is 13.1 Å². The number of aromatic nitrogens is 5. The molecule has 4 heterocycles. The summed E-state index contributed by atoms with van der Waals surface area (Å²) in [6.07, 6.45) is 3.72. The molecule has 0 radical (unpaired) electrons. The lowest BCUT2D eigenvalue weighted by Crippen LogP contribution is -2.40. The van der Waals surface area contributed by atoms with E-state index in [1.54, 1.807) is 11.6 Å². The van der Waals surface area contributed by atoms with E-state index in [1.165, 1.54) is 16.0 Å². The minimum Gasteiger partial charge on any atom is -0.337 e. The molecule has 0 saturated carbocycles. The van der Waals surface area contributed by atoms with Gasteiger partial charge in [-0.05, 0) is 26.7 Å². The van der Waals surface area contributed by atoms with Gasteiger partial charge in [-0.3, -0.25) is 13.8 Å². The average molecular weight is 374 g/mol. The van der Waals surface area contributed by atoms with E-state index in [0.29, 0.717) is 18.8 Å². The van der Waals surface area contributed by atoms with Crippen molar-refractivity contribution in [1.29, 1.82) is 0 Å². The Kier molecular flexibility index (Phi) is 4.18. The van der Waals surface area contributed by atoms with Gasteiger partial charge in [0.05, 0.1) is 5.69 Å². The Labute approximate surface area is 154 Å². The van der Waals surface area contributed by atoms with Crippen LogP contribution in [0.5, 0.6) is 0 Å². The summed E-state index contributed by atoms with van der Waals surface area (Å²) in [6.45, 7) is 5.70. The Hall–Kier alpha value is -2.42. The summed E-state index contributed by atoms with van der Waals surface area (Å²) in [4.78, 5) is 32.6. The summed E-state index contributed by atoms with van der Waals surface area (Å²) >= 11 is 1.52. The van der Waals surface area contributed by atoms with Gasteiger partial charge in [0.25, 0.3) is 5.91 Å². The molecule has 1 amide bonds. The van der Waals surface area contributed by atoms with Crippen molar-refractivity contribution in [3.63, 3.8) is 0 Å². The van der Waals surface area contributed by atoms with Crippen LogP contribution in [-0.2, 0) is 13.6 Å². The second-order valence-electron chi connectivity index (χ2n) is 6.70. The highest BCUT2D eigenvalue weighted by atomic mass is 32.1. The molecular formula is C17H22N6O2S. The Bertz CT molecular complexity index is 1030. The number of rotatable bonds is 3. The number of thiazole rings is 1. The molecule has 9 heteroatoms. The number of carbonyl (C=O) groups excluding carboxylic acids is 1. The van der Waals surface area contributed by atoms with Crippen molar-refractivity contribution in [2.45, 2.75) is 39.2 Å². The molecular weight excluding hydrogens is 352 g/mol. The molecule has 26 heavy (non-hydrogen) atoms. The molecule has 138 valence electrons.